The van der Waals surface area contributed by atoms with Gasteiger partial charge >= 0.3 is 0 Å². The van der Waals surface area contributed by atoms with Gasteiger partial charge in [0, 0.05) is 6.61 Å². The molecule has 0 fully saturated rings. The first-order valence-corrected chi connectivity index (χ1v) is 16.9. The molecule has 0 spiro atoms. The molecule has 0 saturated carbocycles. The van der Waals surface area contributed by atoms with Crippen LogP contribution in [0.15, 0.2) is 12.7 Å². The number of nitrogens with two attached hydrogens (primary N) is 1. The van der Waals surface area contributed by atoms with Crippen LogP contribution in [0.5, 0.6) is 0 Å². The molecular weight excluding hydrogens is 533 g/mol. The Morgan fingerprint density at radius 2 is 1.50 bits per heavy atom. The molecule has 3 N–H and O–H groups in total. The number of ether oxygens (including phenoxy) is 2. The molecule has 0 aliphatic rings. The molecule has 0 radical (unpaired) electrons. The molecule has 2 aromatic heterocycles. The molecule has 0 aromatic carbocycles. The third kappa shape index (κ3) is 14.8. The van der Waals surface area contributed by atoms with Crippen LogP contribution >= 0.6 is 7.60 Å². The third-order valence-corrected chi connectivity index (χ3v) is 7.94. The number of unbranched alkanes of at least 4 members (excludes halogenated alkanes) is 15. The lowest BCUT2D eigenvalue weighted by atomic mass is 10.0. The maximum Gasteiger partial charge on any atom is 0.165 e. The molecule has 2 rings (SSSR count). The zero-order valence-corrected chi connectivity index (χ0v) is 25.3. The van der Waals surface area contributed by atoms with E-state index in [4.69, 9.17) is 19.7 Å². The van der Waals surface area contributed by atoms with Crippen molar-refractivity contribution in [2.45, 2.75) is 122 Å². The minimum absolute atomic E-state index is 0.138. The maximum absolute atomic E-state index is 12.2. The van der Waals surface area contributed by atoms with E-state index in [0.717, 1.165) is 12.8 Å². The van der Waals surface area contributed by atoms with Crippen LogP contribution in [0.2, 0.25) is 0 Å². The van der Waals surface area contributed by atoms with Crippen molar-refractivity contribution in [3.63, 3.8) is 0 Å². The first-order chi connectivity index (χ1) is 19.5. The lowest BCUT2D eigenvalue weighted by Crippen LogP contribution is -2.26. The predicted octanol–water partition coefficient (Wildman–Crippen LogP) is 5.55. The van der Waals surface area contributed by atoms with Crippen molar-refractivity contribution in [2.24, 2.45) is 0 Å². The highest BCUT2D eigenvalue weighted by molar-refractivity contribution is 7.51. The highest BCUT2D eigenvalue weighted by Crippen LogP contribution is 2.37. The summed E-state index contributed by atoms with van der Waals surface area (Å²) in [4.78, 5) is 24.3. The number of anilines is 1. The summed E-state index contributed by atoms with van der Waals surface area (Å²) in [6.45, 7) is 2.13. The van der Waals surface area contributed by atoms with Crippen molar-refractivity contribution in [2.75, 3.05) is 32.1 Å². The van der Waals surface area contributed by atoms with Gasteiger partial charge in [0.05, 0.1) is 25.6 Å². The van der Waals surface area contributed by atoms with Gasteiger partial charge in [-0.25, -0.2) is 15.0 Å². The van der Waals surface area contributed by atoms with Gasteiger partial charge in [-0.1, -0.05) is 103 Å². The number of hydrogen-bond acceptors (Lipinski definition) is 10. The van der Waals surface area contributed by atoms with Crippen molar-refractivity contribution < 1.29 is 28.6 Å². The van der Waals surface area contributed by atoms with E-state index < -0.39 is 26.7 Å². The van der Waals surface area contributed by atoms with Crippen molar-refractivity contribution in [1.82, 2.24) is 19.5 Å². The van der Waals surface area contributed by atoms with E-state index in [0.29, 0.717) is 17.8 Å². The minimum Gasteiger partial charge on any atom is -0.777 e. The Morgan fingerprint density at radius 3 is 2.08 bits per heavy atom. The molecule has 0 aliphatic carbocycles. The van der Waals surface area contributed by atoms with Crippen LogP contribution in [0, 0.1) is 0 Å². The van der Waals surface area contributed by atoms with E-state index in [-0.39, 0.29) is 19.2 Å². The summed E-state index contributed by atoms with van der Waals surface area (Å²) in [5, 5.41) is 9.62. The van der Waals surface area contributed by atoms with Gasteiger partial charge in [-0.2, -0.15) is 0 Å². The molecule has 2 aromatic rings. The molecule has 0 bridgehead atoms. The number of aliphatic hydroxyl groups excluding tert-OH is 1. The summed E-state index contributed by atoms with van der Waals surface area (Å²) in [5.74, 6) is 0.238. The molecule has 0 aliphatic heterocycles. The number of nitrogens with zero attached hydrogens (tertiary/aromatic N) is 4. The van der Waals surface area contributed by atoms with E-state index in [1.165, 1.54) is 103 Å². The third-order valence-electron chi connectivity index (χ3n) is 6.98. The summed E-state index contributed by atoms with van der Waals surface area (Å²) in [6.07, 6.45) is 22.1. The summed E-state index contributed by atoms with van der Waals surface area (Å²) in [5.41, 5.74) is 6.68. The fraction of sp³-hybridized carbons (Fsp3) is 0.821. The fourth-order valence-electron chi connectivity index (χ4n) is 4.58. The molecule has 11 nitrogen and oxygen atoms in total. The topological polar surface area (TPSA) is 158 Å². The van der Waals surface area contributed by atoms with Gasteiger partial charge in [0.15, 0.2) is 25.9 Å². The van der Waals surface area contributed by atoms with Crippen molar-refractivity contribution in [1.29, 1.82) is 0 Å². The number of hydrogen-bond donors (Lipinski definition) is 2. The largest absolute Gasteiger partial charge is 0.777 e. The summed E-state index contributed by atoms with van der Waals surface area (Å²) >= 11 is 0. The standard InChI is InChI=1S/C28H52N5O6P/c1-2-3-4-5-6-7-8-9-10-11-12-13-14-15-16-17-18-37-23-39-40(35,36)24-38-25(20-34)19-33-22-32-26-27(29)30-21-31-28(26)33/h21-22,25,34H,2-20,23-24H2,1H3,(H,35,36)(H2,29,30,31)/p-1/t25-/m0/s1. The van der Waals surface area contributed by atoms with Crippen molar-refractivity contribution in [3.8, 4) is 0 Å². The molecule has 0 amide bonds. The Balaban J connectivity index is 1.41. The second-order valence-corrected chi connectivity index (χ2v) is 12.2. The Bertz CT molecular complexity index is 962. The maximum atomic E-state index is 12.2. The Labute approximate surface area is 239 Å². The number of aromatic nitrogens is 4. The number of fused-ring (bicyclic) bond motifs is 1. The minimum atomic E-state index is -4.28. The quantitative estimate of drug-likeness (QED) is 0.0816. The lowest BCUT2D eigenvalue weighted by molar-refractivity contribution is -0.213. The molecular formula is C28H51N5O6P-. The van der Waals surface area contributed by atoms with Gasteiger partial charge in [-0.15, -0.1) is 0 Å². The molecule has 2 heterocycles. The van der Waals surface area contributed by atoms with Crippen LogP contribution < -0.4 is 10.6 Å². The SMILES string of the molecule is CCCCCCCCCCCCCCCCCCOCOP(=O)([O-])CO[C@H](CO)Cn1cnc2c(N)ncnc21. The highest BCUT2D eigenvalue weighted by Gasteiger charge is 2.17. The summed E-state index contributed by atoms with van der Waals surface area (Å²) < 4.78 is 29.4. The van der Waals surface area contributed by atoms with Gasteiger partial charge in [-0.3, -0.25) is 0 Å². The summed E-state index contributed by atoms with van der Waals surface area (Å²) in [6, 6.07) is 0. The zero-order chi connectivity index (χ0) is 28.9. The first kappa shape index (κ1) is 34.6. The Kier molecular flexibility index (Phi) is 18.3. The molecule has 2 atom stereocenters. The molecule has 12 heteroatoms. The molecule has 0 saturated heterocycles. The van der Waals surface area contributed by atoms with Gasteiger partial charge in [-0.05, 0) is 6.42 Å². The number of imidazole rings is 1. The lowest BCUT2D eigenvalue weighted by Gasteiger charge is -2.25. The zero-order valence-electron chi connectivity index (χ0n) is 24.4. The summed E-state index contributed by atoms with van der Waals surface area (Å²) in [7, 11) is -4.28. The number of nitrogen functional groups attached to an aromatic ring is 1. The smallest absolute Gasteiger partial charge is 0.165 e. The van der Waals surface area contributed by atoms with E-state index in [9.17, 15) is 14.6 Å². The van der Waals surface area contributed by atoms with Gasteiger partial charge in [0.25, 0.3) is 0 Å². The number of rotatable bonds is 26. The highest BCUT2D eigenvalue weighted by atomic mass is 31.2. The van der Waals surface area contributed by atoms with Crippen LogP contribution in [0.4, 0.5) is 5.82 Å². The number of aliphatic hydroxyl groups is 1. The normalized spacial score (nSPS) is 14.1. The Morgan fingerprint density at radius 1 is 0.925 bits per heavy atom. The second-order valence-electron chi connectivity index (χ2n) is 10.5. The van der Waals surface area contributed by atoms with Crippen LogP contribution in [-0.2, 0) is 25.1 Å². The van der Waals surface area contributed by atoms with Crippen molar-refractivity contribution >= 4 is 24.6 Å². The molecule has 40 heavy (non-hydrogen) atoms. The second kappa shape index (κ2) is 21.1. The first-order valence-electron chi connectivity index (χ1n) is 15.1. The van der Waals surface area contributed by atoms with E-state index in [2.05, 4.69) is 21.9 Å². The molecule has 230 valence electrons. The van der Waals surface area contributed by atoms with E-state index >= 15 is 0 Å². The van der Waals surface area contributed by atoms with Crippen LogP contribution in [0.3, 0.4) is 0 Å². The average Bonchev–Trinajstić information content (AvgIpc) is 3.36. The monoisotopic (exact) mass is 584 g/mol. The fourth-order valence-corrected chi connectivity index (χ4v) is 5.28. The van der Waals surface area contributed by atoms with Crippen LogP contribution in [0.25, 0.3) is 11.2 Å². The average molecular weight is 585 g/mol. The Hall–Kier alpha value is -1.62. The van der Waals surface area contributed by atoms with Gasteiger partial charge in [0.1, 0.15) is 18.2 Å². The van der Waals surface area contributed by atoms with E-state index in [1.54, 1.807) is 4.57 Å². The predicted molar refractivity (Wildman–Crippen MR) is 156 cm³/mol. The van der Waals surface area contributed by atoms with Crippen LogP contribution in [-0.4, -0.2) is 57.1 Å². The van der Waals surface area contributed by atoms with Gasteiger partial charge in [0.2, 0.25) is 0 Å². The van der Waals surface area contributed by atoms with Gasteiger partial charge < -0.3 is 38.9 Å². The van der Waals surface area contributed by atoms with Crippen molar-refractivity contribution in [3.05, 3.63) is 12.7 Å². The molecule has 1 unspecified atom stereocenters. The van der Waals surface area contributed by atoms with E-state index in [1.807, 2.05) is 0 Å². The van der Waals surface area contributed by atoms with Crippen LogP contribution in [0.1, 0.15) is 110 Å².